The molecule has 0 radical (unpaired) electrons. The molecule has 0 spiro atoms. The summed E-state index contributed by atoms with van der Waals surface area (Å²) >= 11 is 5.64. The van der Waals surface area contributed by atoms with E-state index in [0.29, 0.717) is 5.69 Å². The molecular formula is C9H9ClN4O. The fraction of sp³-hybridized carbons (Fsp3) is 0.333. The summed E-state index contributed by atoms with van der Waals surface area (Å²) in [5, 5.41) is 9.10. The SMILES string of the molecule is CN(C)C(=O)[C@@H](C#N)c1cc(Cl)ncn1. The van der Waals surface area contributed by atoms with Crippen molar-refractivity contribution in [3.05, 3.63) is 23.2 Å². The summed E-state index contributed by atoms with van der Waals surface area (Å²) < 4.78 is 0. The van der Waals surface area contributed by atoms with E-state index in [1.807, 2.05) is 6.07 Å². The highest BCUT2D eigenvalue weighted by Crippen LogP contribution is 2.16. The van der Waals surface area contributed by atoms with Crippen LogP contribution in [0, 0.1) is 11.3 Å². The van der Waals surface area contributed by atoms with E-state index in [9.17, 15) is 4.79 Å². The van der Waals surface area contributed by atoms with E-state index >= 15 is 0 Å². The summed E-state index contributed by atoms with van der Waals surface area (Å²) in [4.78, 5) is 20.5. The van der Waals surface area contributed by atoms with Gasteiger partial charge in [0, 0.05) is 14.1 Å². The van der Waals surface area contributed by atoms with Crippen LogP contribution < -0.4 is 0 Å². The molecule has 0 aliphatic carbocycles. The normalized spacial score (nSPS) is 11.6. The molecule has 1 heterocycles. The van der Waals surface area contributed by atoms with Gasteiger partial charge in [-0.25, -0.2) is 9.97 Å². The molecule has 0 aliphatic heterocycles. The summed E-state index contributed by atoms with van der Waals surface area (Å²) in [5.74, 6) is -1.26. The lowest BCUT2D eigenvalue weighted by atomic mass is 10.1. The van der Waals surface area contributed by atoms with Gasteiger partial charge in [-0.1, -0.05) is 11.6 Å². The first-order valence-corrected chi connectivity index (χ1v) is 4.52. The van der Waals surface area contributed by atoms with Crippen LogP contribution >= 0.6 is 11.6 Å². The van der Waals surface area contributed by atoms with Gasteiger partial charge >= 0.3 is 0 Å². The number of nitrogens with zero attached hydrogens (tertiary/aromatic N) is 4. The van der Waals surface area contributed by atoms with E-state index < -0.39 is 5.92 Å². The van der Waals surface area contributed by atoms with Gasteiger partial charge in [0.05, 0.1) is 11.8 Å². The first kappa shape index (κ1) is 11.4. The lowest BCUT2D eigenvalue weighted by molar-refractivity contribution is -0.129. The highest BCUT2D eigenvalue weighted by molar-refractivity contribution is 6.29. The van der Waals surface area contributed by atoms with Crippen molar-refractivity contribution in [1.82, 2.24) is 14.9 Å². The zero-order valence-electron chi connectivity index (χ0n) is 8.31. The van der Waals surface area contributed by atoms with E-state index in [4.69, 9.17) is 16.9 Å². The molecule has 0 saturated carbocycles. The predicted molar refractivity (Wildman–Crippen MR) is 54.1 cm³/mol. The molecule has 1 aromatic heterocycles. The summed E-state index contributed by atoms with van der Waals surface area (Å²) in [6, 6.07) is 3.30. The molecule has 5 nitrogen and oxygen atoms in total. The van der Waals surface area contributed by atoms with Crippen LogP contribution in [0.4, 0.5) is 0 Å². The van der Waals surface area contributed by atoms with Crippen LogP contribution in [0.3, 0.4) is 0 Å². The first-order valence-electron chi connectivity index (χ1n) is 4.14. The second-order valence-electron chi connectivity index (χ2n) is 3.06. The van der Waals surface area contributed by atoms with Crippen molar-refractivity contribution in [2.75, 3.05) is 14.1 Å². The van der Waals surface area contributed by atoms with E-state index in [1.54, 1.807) is 14.1 Å². The molecule has 0 aromatic carbocycles. The van der Waals surface area contributed by atoms with Crippen molar-refractivity contribution in [3.63, 3.8) is 0 Å². The highest BCUT2D eigenvalue weighted by Gasteiger charge is 2.23. The van der Waals surface area contributed by atoms with Crippen LogP contribution in [0.1, 0.15) is 11.6 Å². The maximum Gasteiger partial charge on any atom is 0.245 e. The number of nitriles is 1. The molecule has 1 rings (SSSR count). The molecular weight excluding hydrogens is 216 g/mol. The number of aromatic nitrogens is 2. The number of amides is 1. The van der Waals surface area contributed by atoms with Crippen LogP contribution in [-0.2, 0) is 4.79 Å². The third kappa shape index (κ3) is 2.64. The van der Waals surface area contributed by atoms with Crippen molar-refractivity contribution < 1.29 is 4.79 Å². The van der Waals surface area contributed by atoms with Gasteiger partial charge in [-0.05, 0) is 6.07 Å². The van der Waals surface area contributed by atoms with Crippen LogP contribution in [0.5, 0.6) is 0 Å². The number of likely N-dealkylation sites (N-methyl/N-ethyl adjacent to an activating group) is 1. The zero-order chi connectivity index (χ0) is 11.4. The van der Waals surface area contributed by atoms with E-state index in [2.05, 4.69) is 9.97 Å². The van der Waals surface area contributed by atoms with Crippen LogP contribution in [0.15, 0.2) is 12.4 Å². The van der Waals surface area contributed by atoms with Crippen LogP contribution in [-0.4, -0.2) is 34.9 Å². The number of rotatable bonds is 2. The number of halogens is 1. The molecule has 0 N–H and O–H groups in total. The summed E-state index contributed by atoms with van der Waals surface area (Å²) in [5.41, 5.74) is 0.316. The number of hydrogen-bond acceptors (Lipinski definition) is 4. The maximum absolute atomic E-state index is 11.6. The van der Waals surface area contributed by atoms with Gasteiger partial charge in [0.25, 0.3) is 0 Å². The van der Waals surface area contributed by atoms with E-state index in [1.165, 1.54) is 17.3 Å². The van der Waals surface area contributed by atoms with Gasteiger partial charge in [-0.15, -0.1) is 0 Å². The van der Waals surface area contributed by atoms with Crippen molar-refractivity contribution in [1.29, 1.82) is 5.26 Å². The van der Waals surface area contributed by atoms with Crippen molar-refractivity contribution in [2.24, 2.45) is 0 Å². The molecule has 6 heteroatoms. The molecule has 1 atom stereocenters. The van der Waals surface area contributed by atoms with Gasteiger partial charge in [0.1, 0.15) is 11.5 Å². The molecule has 0 unspecified atom stereocenters. The van der Waals surface area contributed by atoms with Gasteiger partial charge < -0.3 is 4.90 Å². The molecule has 0 fully saturated rings. The lowest BCUT2D eigenvalue weighted by Crippen LogP contribution is -2.28. The average molecular weight is 225 g/mol. The third-order valence-corrected chi connectivity index (χ3v) is 1.97. The predicted octanol–water partition coefficient (Wildman–Crippen LogP) is 0.825. The van der Waals surface area contributed by atoms with Gasteiger partial charge in [0.2, 0.25) is 5.91 Å². The maximum atomic E-state index is 11.6. The molecule has 1 amide bonds. The van der Waals surface area contributed by atoms with E-state index in [-0.39, 0.29) is 11.1 Å². The van der Waals surface area contributed by atoms with E-state index in [0.717, 1.165) is 0 Å². The Balaban J connectivity index is 3.04. The fourth-order valence-corrected chi connectivity index (χ4v) is 1.17. The fourth-order valence-electron chi connectivity index (χ4n) is 1.01. The average Bonchev–Trinajstić information content (AvgIpc) is 2.18. The van der Waals surface area contributed by atoms with Crippen LogP contribution in [0.25, 0.3) is 0 Å². The van der Waals surface area contributed by atoms with Crippen molar-refractivity contribution in [2.45, 2.75) is 5.92 Å². The Bertz CT molecular complexity index is 413. The standard InChI is InChI=1S/C9H9ClN4O/c1-14(2)9(15)6(4-11)7-3-8(10)13-5-12-7/h3,5-6H,1-2H3/t6-/m0/s1. The number of carbonyl (C=O) groups is 1. The zero-order valence-corrected chi connectivity index (χ0v) is 9.06. The van der Waals surface area contributed by atoms with Gasteiger partial charge in [-0.3, -0.25) is 4.79 Å². The minimum absolute atomic E-state index is 0.215. The Kier molecular flexibility index (Phi) is 3.58. The van der Waals surface area contributed by atoms with Gasteiger partial charge in [0.15, 0.2) is 5.92 Å². The van der Waals surface area contributed by atoms with Gasteiger partial charge in [-0.2, -0.15) is 5.26 Å². The largest absolute Gasteiger partial charge is 0.347 e. The Morgan fingerprint density at radius 2 is 2.27 bits per heavy atom. The molecule has 15 heavy (non-hydrogen) atoms. The van der Waals surface area contributed by atoms with Crippen molar-refractivity contribution in [3.8, 4) is 6.07 Å². The summed E-state index contributed by atoms with van der Waals surface area (Å²) in [7, 11) is 3.16. The molecule has 0 saturated heterocycles. The summed E-state index contributed by atoms with van der Waals surface area (Å²) in [6.45, 7) is 0. The quantitative estimate of drug-likeness (QED) is 0.698. The molecule has 1 aromatic rings. The Morgan fingerprint density at radius 3 is 2.73 bits per heavy atom. The third-order valence-electron chi connectivity index (χ3n) is 1.77. The minimum atomic E-state index is -0.930. The smallest absolute Gasteiger partial charge is 0.245 e. The number of carbonyl (C=O) groups excluding carboxylic acids is 1. The van der Waals surface area contributed by atoms with Crippen molar-refractivity contribution >= 4 is 17.5 Å². The summed E-state index contributed by atoms with van der Waals surface area (Å²) in [6.07, 6.45) is 1.23. The monoisotopic (exact) mass is 224 g/mol. The molecule has 0 aliphatic rings. The molecule has 78 valence electrons. The second-order valence-corrected chi connectivity index (χ2v) is 3.45. The van der Waals surface area contributed by atoms with Crippen LogP contribution in [0.2, 0.25) is 5.15 Å². The Morgan fingerprint density at radius 1 is 1.60 bits per heavy atom. The molecule has 0 bridgehead atoms. The second kappa shape index (κ2) is 4.71. The lowest BCUT2D eigenvalue weighted by Gasteiger charge is -2.14. The first-order chi connectivity index (χ1) is 7.06. The Labute approximate surface area is 92.3 Å². The Hall–Kier alpha value is -1.67. The topological polar surface area (TPSA) is 69.9 Å². The minimum Gasteiger partial charge on any atom is -0.347 e. The highest BCUT2D eigenvalue weighted by atomic mass is 35.5. The number of hydrogen-bond donors (Lipinski definition) is 0.